The number of carboxylic acid groups (broad SMARTS) is 2. The molecule has 0 aromatic heterocycles. The second kappa shape index (κ2) is 12.9. The number of hydrogen-bond acceptors (Lipinski definition) is 6. The van der Waals surface area contributed by atoms with Crippen LogP contribution in [-0.4, -0.2) is 91.5 Å². The zero-order valence-electron chi connectivity index (χ0n) is 15.7. The van der Waals surface area contributed by atoms with E-state index < -0.39 is 11.9 Å². The molecular weight excluding hydrogens is 467 g/mol. The van der Waals surface area contributed by atoms with Crippen LogP contribution in [0.1, 0.15) is 5.56 Å². The van der Waals surface area contributed by atoms with Crippen LogP contribution in [0.3, 0.4) is 0 Å². The minimum Gasteiger partial charge on any atom is -0.490 e. The fourth-order valence-corrected chi connectivity index (χ4v) is 3.13. The molecule has 0 spiro atoms. The van der Waals surface area contributed by atoms with Crippen LogP contribution >= 0.6 is 22.6 Å². The Bertz CT molecular complexity index is 594. The zero-order chi connectivity index (χ0) is 20.2. The van der Waals surface area contributed by atoms with E-state index in [1.165, 1.54) is 5.56 Å². The van der Waals surface area contributed by atoms with E-state index in [1.807, 2.05) is 6.07 Å². The molecule has 0 aliphatic carbocycles. The van der Waals surface area contributed by atoms with Crippen molar-refractivity contribution in [2.75, 3.05) is 59.6 Å². The number of halogens is 1. The Morgan fingerprint density at radius 3 is 2.26 bits per heavy atom. The Balaban J connectivity index is 0.000000527. The Hall–Kier alpha value is -1.43. The number of nitrogens with zero attached hydrogens (tertiary/aromatic N) is 2. The lowest BCUT2D eigenvalue weighted by Crippen LogP contribution is -2.45. The number of ether oxygens (including phenoxy) is 2. The van der Waals surface area contributed by atoms with E-state index in [4.69, 9.17) is 29.3 Å². The molecule has 0 bridgehead atoms. The van der Waals surface area contributed by atoms with Crippen LogP contribution in [0.15, 0.2) is 18.2 Å². The molecule has 1 heterocycles. The van der Waals surface area contributed by atoms with Gasteiger partial charge in [0, 0.05) is 32.7 Å². The average molecular weight is 494 g/mol. The molecule has 0 amide bonds. The summed E-state index contributed by atoms with van der Waals surface area (Å²) in [4.78, 5) is 23.0. The van der Waals surface area contributed by atoms with Gasteiger partial charge in [-0.3, -0.25) is 4.90 Å². The van der Waals surface area contributed by atoms with Crippen LogP contribution in [0.25, 0.3) is 0 Å². The lowest BCUT2D eigenvalue weighted by atomic mass is 10.2. The first-order valence-corrected chi connectivity index (χ1v) is 9.71. The average Bonchev–Trinajstić information content (AvgIpc) is 2.61. The first-order chi connectivity index (χ1) is 12.8. The number of aryl methyl sites for hydroxylation is 1. The molecular formula is C18H27IN2O6. The summed E-state index contributed by atoms with van der Waals surface area (Å²) in [7, 11) is 2.18. The van der Waals surface area contributed by atoms with Gasteiger partial charge in [-0.2, -0.15) is 0 Å². The maximum Gasteiger partial charge on any atom is 0.414 e. The third kappa shape index (κ3) is 10.5. The summed E-state index contributed by atoms with van der Waals surface area (Å²) in [5.41, 5.74) is 1.26. The quantitative estimate of drug-likeness (QED) is 0.334. The van der Waals surface area contributed by atoms with E-state index in [-0.39, 0.29) is 0 Å². The lowest BCUT2D eigenvalue weighted by molar-refractivity contribution is -0.159. The fraction of sp³-hybridized carbons (Fsp3) is 0.556. The van der Waals surface area contributed by atoms with Crippen molar-refractivity contribution in [3.8, 4) is 5.75 Å². The van der Waals surface area contributed by atoms with Crippen molar-refractivity contribution in [1.82, 2.24) is 9.80 Å². The molecule has 2 rings (SSSR count). The van der Waals surface area contributed by atoms with Crippen molar-refractivity contribution in [2.24, 2.45) is 0 Å². The Labute approximate surface area is 173 Å². The van der Waals surface area contributed by atoms with Gasteiger partial charge in [0.25, 0.3) is 0 Å². The van der Waals surface area contributed by atoms with Crippen molar-refractivity contribution in [3.63, 3.8) is 0 Å². The summed E-state index contributed by atoms with van der Waals surface area (Å²) in [6, 6.07) is 6.23. The van der Waals surface area contributed by atoms with E-state index in [2.05, 4.69) is 58.5 Å². The summed E-state index contributed by atoms with van der Waals surface area (Å²) < 4.78 is 12.6. The minimum atomic E-state index is -1.82. The van der Waals surface area contributed by atoms with Crippen LogP contribution in [0.4, 0.5) is 0 Å². The number of aliphatic carboxylic acids is 2. The molecule has 152 valence electrons. The highest BCUT2D eigenvalue weighted by atomic mass is 127. The first-order valence-electron chi connectivity index (χ1n) is 8.63. The highest BCUT2D eigenvalue weighted by Crippen LogP contribution is 2.21. The van der Waals surface area contributed by atoms with Crippen molar-refractivity contribution in [3.05, 3.63) is 27.3 Å². The van der Waals surface area contributed by atoms with Gasteiger partial charge in [-0.25, -0.2) is 9.59 Å². The molecule has 1 aliphatic rings. The molecule has 9 heteroatoms. The minimum absolute atomic E-state index is 0.613. The predicted octanol–water partition coefficient (Wildman–Crippen LogP) is 1.40. The van der Waals surface area contributed by atoms with E-state index in [0.717, 1.165) is 48.7 Å². The van der Waals surface area contributed by atoms with Gasteiger partial charge in [-0.1, -0.05) is 6.07 Å². The van der Waals surface area contributed by atoms with Crippen molar-refractivity contribution >= 4 is 34.5 Å². The molecule has 2 N–H and O–H groups in total. The van der Waals surface area contributed by atoms with Gasteiger partial charge in [0.05, 0.1) is 16.8 Å². The second-order valence-electron chi connectivity index (χ2n) is 6.15. The molecule has 1 aromatic rings. The molecule has 0 atom stereocenters. The maximum atomic E-state index is 9.10. The van der Waals surface area contributed by atoms with Gasteiger partial charge in [-0.05, 0) is 54.3 Å². The summed E-state index contributed by atoms with van der Waals surface area (Å²) in [6.45, 7) is 9.79. The number of benzene rings is 1. The number of carbonyl (C=O) groups is 2. The SMILES string of the molecule is Cc1ccc(OCCOCCN2CCN(C)CC2)c(I)c1.O=C(O)C(=O)O. The monoisotopic (exact) mass is 494 g/mol. The van der Waals surface area contributed by atoms with E-state index in [9.17, 15) is 0 Å². The number of likely N-dealkylation sites (N-methyl/N-ethyl adjacent to an activating group) is 1. The van der Waals surface area contributed by atoms with Crippen LogP contribution in [0.5, 0.6) is 5.75 Å². The van der Waals surface area contributed by atoms with Crippen LogP contribution in [0.2, 0.25) is 0 Å². The van der Waals surface area contributed by atoms with E-state index in [1.54, 1.807) is 0 Å². The van der Waals surface area contributed by atoms with Gasteiger partial charge in [-0.15, -0.1) is 0 Å². The third-order valence-corrected chi connectivity index (χ3v) is 4.75. The van der Waals surface area contributed by atoms with Crippen molar-refractivity contribution in [2.45, 2.75) is 6.92 Å². The summed E-state index contributed by atoms with van der Waals surface area (Å²) >= 11 is 2.31. The van der Waals surface area contributed by atoms with Crippen LogP contribution < -0.4 is 4.74 Å². The molecule has 1 aromatic carbocycles. The van der Waals surface area contributed by atoms with Gasteiger partial charge < -0.3 is 24.6 Å². The first kappa shape index (κ1) is 23.6. The summed E-state index contributed by atoms with van der Waals surface area (Å²) in [5.74, 6) is -2.70. The molecule has 0 saturated carbocycles. The number of carboxylic acids is 2. The van der Waals surface area contributed by atoms with Crippen LogP contribution in [0, 0.1) is 10.5 Å². The lowest BCUT2D eigenvalue weighted by Gasteiger charge is -2.32. The highest BCUT2D eigenvalue weighted by Gasteiger charge is 2.12. The standard InChI is InChI=1S/C16H25IN2O2.C2H2O4/c1-14-3-4-16(15(17)13-14)21-12-11-20-10-9-19-7-5-18(2)6-8-19;3-1(4)2(5)6/h3-4,13H,5-12H2,1-2H3;(H,3,4)(H,5,6). The summed E-state index contributed by atoms with van der Waals surface area (Å²) in [5, 5.41) is 14.8. The molecule has 1 aliphatic heterocycles. The van der Waals surface area contributed by atoms with Crippen molar-refractivity contribution in [1.29, 1.82) is 0 Å². The van der Waals surface area contributed by atoms with E-state index in [0.29, 0.717) is 13.2 Å². The fourth-order valence-electron chi connectivity index (χ4n) is 2.30. The maximum absolute atomic E-state index is 9.10. The topological polar surface area (TPSA) is 99.5 Å². The van der Waals surface area contributed by atoms with Gasteiger partial charge in [0.1, 0.15) is 12.4 Å². The van der Waals surface area contributed by atoms with Crippen molar-refractivity contribution < 1.29 is 29.3 Å². The van der Waals surface area contributed by atoms with Gasteiger partial charge >= 0.3 is 11.9 Å². The summed E-state index contributed by atoms with van der Waals surface area (Å²) in [6.07, 6.45) is 0. The molecule has 0 unspecified atom stereocenters. The highest BCUT2D eigenvalue weighted by molar-refractivity contribution is 14.1. The van der Waals surface area contributed by atoms with Gasteiger partial charge in [0.15, 0.2) is 0 Å². The van der Waals surface area contributed by atoms with E-state index >= 15 is 0 Å². The second-order valence-corrected chi connectivity index (χ2v) is 7.31. The Morgan fingerprint density at radius 1 is 1.07 bits per heavy atom. The van der Waals surface area contributed by atoms with Crippen LogP contribution in [-0.2, 0) is 14.3 Å². The largest absolute Gasteiger partial charge is 0.490 e. The number of rotatable bonds is 7. The number of hydrogen-bond donors (Lipinski definition) is 2. The Kier molecular flexibility index (Phi) is 11.3. The number of piperazine rings is 1. The normalized spacial score (nSPS) is 14.9. The smallest absolute Gasteiger partial charge is 0.414 e. The third-order valence-electron chi connectivity index (χ3n) is 3.90. The Morgan fingerprint density at radius 2 is 1.70 bits per heavy atom. The zero-order valence-corrected chi connectivity index (χ0v) is 17.8. The molecule has 1 saturated heterocycles. The predicted molar refractivity (Wildman–Crippen MR) is 109 cm³/mol. The molecule has 8 nitrogen and oxygen atoms in total. The molecule has 27 heavy (non-hydrogen) atoms. The van der Waals surface area contributed by atoms with Gasteiger partial charge in [0.2, 0.25) is 0 Å². The molecule has 0 radical (unpaired) electrons. The molecule has 1 fully saturated rings.